The average molecular weight is 398 g/mol. The standard InChI is InChI=1S/C19H22N6O4/c1-12-9-16(25-29-12)19(28)24-11-17(26)22-7-8-23-18(27)14-4-2-3-13(10-14)15(21)5-6-20/h2-6,9-10,21H,7-8,11,20H2,1H3,(H,22,26)(H,23,27)(H,24,28)/b6-5-,21-15?. The highest BCUT2D eigenvalue weighted by molar-refractivity contribution is 6.08. The predicted octanol–water partition coefficient (Wildman–Crippen LogP) is 0.0993. The minimum Gasteiger partial charge on any atom is -0.405 e. The largest absolute Gasteiger partial charge is 0.405 e. The zero-order chi connectivity index (χ0) is 21.2. The molecule has 0 fully saturated rings. The maximum Gasteiger partial charge on any atom is 0.273 e. The SMILES string of the molecule is Cc1cc(C(=O)NCC(=O)NCCNC(=O)c2cccc(C(=N)/C=C\N)c2)no1. The number of rotatable bonds is 9. The second-order valence-electron chi connectivity index (χ2n) is 5.96. The van der Waals surface area contributed by atoms with Crippen molar-refractivity contribution in [3.63, 3.8) is 0 Å². The second kappa shape index (κ2) is 10.4. The van der Waals surface area contributed by atoms with Gasteiger partial charge in [0, 0.05) is 30.3 Å². The first-order valence-electron chi connectivity index (χ1n) is 8.74. The van der Waals surface area contributed by atoms with Gasteiger partial charge >= 0.3 is 0 Å². The Morgan fingerprint density at radius 1 is 1.10 bits per heavy atom. The molecule has 0 spiro atoms. The number of nitrogens with two attached hydrogens (primary N) is 1. The van der Waals surface area contributed by atoms with E-state index in [1.165, 1.54) is 18.3 Å². The number of benzene rings is 1. The minimum absolute atomic E-state index is 0.0971. The van der Waals surface area contributed by atoms with E-state index in [9.17, 15) is 14.4 Å². The van der Waals surface area contributed by atoms with E-state index in [0.29, 0.717) is 16.9 Å². The fourth-order valence-electron chi connectivity index (χ4n) is 2.29. The molecule has 2 rings (SSSR count). The van der Waals surface area contributed by atoms with Gasteiger partial charge in [0.15, 0.2) is 5.69 Å². The van der Waals surface area contributed by atoms with Crippen LogP contribution in [-0.4, -0.2) is 48.2 Å². The zero-order valence-electron chi connectivity index (χ0n) is 15.8. The van der Waals surface area contributed by atoms with Crippen LogP contribution in [0.5, 0.6) is 0 Å². The highest BCUT2D eigenvalue weighted by Crippen LogP contribution is 2.06. The van der Waals surface area contributed by atoms with Crippen LogP contribution < -0.4 is 21.7 Å². The van der Waals surface area contributed by atoms with Gasteiger partial charge in [-0.25, -0.2) is 0 Å². The molecule has 0 unspecified atom stereocenters. The molecule has 3 amide bonds. The first kappa shape index (κ1) is 21.4. The van der Waals surface area contributed by atoms with Crippen molar-refractivity contribution in [2.75, 3.05) is 19.6 Å². The van der Waals surface area contributed by atoms with Gasteiger partial charge in [0.25, 0.3) is 11.8 Å². The molecule has 0 radical (unpaired) electrons. The molecule has 0 saturated heterocycles. The Hall–Kier alpha value is -3.95. The first-order valence-corrected chi connectivity index (χ1v) is 8.74. The molecule has 29 heavy (non-hydrogen) atoms. The number of carbonyl (C=O) groups excluding carboxylic acids is 3. The van der Waals surface area contributed by atoms with E-state index in [4.69, 9.17) is 15.7 Å². The van der Waals surface area contributed by atoms with Crippen LogP contribution in [0.1, 0.15) is 32.2 Å². The fourth-order valence-corrected chi connectivity index (χ4v) is 2.29. The number of nitrogens with one attached hydrogen (secondary N) is 4. The number of carbonyl (C=O) groups is 3. The van der Waals surface area contributed by atoms with Gasteiger partial charge in [-0.3, -0.25) is 14.4 Å². The number of amides is 3. The van der Waals surface area contributed by atoms with E-state index in [0.717, 1.165) is 0 Å². The summed E-state index contributed by atoms with van der Waals surface area (Å²) < 4.78 is 4.79. The summed E-state index contributed by atoms with van der Waals surface area (Å²) >= 11 is 0. The summed E-state index contributed by atoms with van der Waals surface area (Å²) in [6.45, 7) is 1.82. The van der Waals surface area contributed by atoms with Crippen LogP contribution in [0.4, 0.5) is 0 Å². The Morgan fingerprint density at radius 2 is 1.83 bits per heavy atom. The summed E-state index contributed by atoms with van der Waals surface area (Å²) in [6, 6.07) is 8.04. The monoisotopic (exact) mass is 398 g/mol. The zero-order valence-corrected chi connectivity index (χ0v) is 15.8. The third kappa shape index (κ3) is 6.61. The highest BCUT2D eigenvalue weighted by Gasteiger charge is 2.12. The van der Waals surface area contributed by atoms with Crippen LogP contribution in [0.2, 0.25) is 0 Å². The average Bonchev–Trinajstić information content (AvgIpc) is 3.16. The van der Waals surface area contributed by atoms with Crippen LogP contribution in [-0.2, 0) is 4.79 Å². The topological polar surface area (TPSA) is 163 Å². The van der Waals surface area contributed by atoms with E-state index in [-0.39, 0.29) is 36.9 Å². The molecule has 6 N–H and O–H groups in total. The fraction of sp³-hybridized carbons (Fsp3) is 0.211. The molecule has 1 aromatic heterocycles. The van der Waals surface area contributed by atoms with Crippen LogP contribution in [0.3, 0.4) is 0 Å². The maximum atomic E-state index is 12.2. The third-order valence-electron chi connectivity index (χ3n) is 3.70. The lowest BCUT2D eigenvalue weighted by Gasteiger charge is -2.08. The molecule has 0 saturated carbocycles. The summed E-state index contributed by atoms with van der Waals surface area (Å²) in [7, 11) is 0. The van der Waals surface area contributed by atoms with Crippen molar-refractivity contribution in [2.24, 2.45) is 5.73 Å². The smallest absolute Gasteiger partial charge is 0.273 e. The molecule has 152 valence electrons. The van der Waals surface area contributed by atoms with Crippen LogP contribution in [0, 0.1) is 12.3 Å². The lowest BCUT2D eigenvalue weighted by molar-refractivity contribution is -0.120. The lowest BCUT2D eigenvalue weighted by atomic mass is 10.1. The van der Waals surface area contributed by atoms with Gasteiger partial charge in [-0.15, -0.1) is 0 Å². The Kier molecular flexibility index (Phi) is 7.66. The number of aromatic nitrogens is 1. The first-order chi connectivity index (χ1) is 13.9. The summed E-state index contributed by atoms with van der Waals surface area (Å²) in [5.74, 6) is -0.758. The van der Waals surface area contributed by atoms with E-state index in [1.54, 1.807) is 31.2 Å². The van der Waals surface area contributed by atoms with Crippen molar-refractivity contribution in [1.29, 1.82) is 5.41 Å². The molecule has 2 aromatic rings. The van der Waals surface area contributed by atoms with Crippen molar-refractivity contribution in [3.8, 4) is 0 Å². The van der Waals surface area contributed by atoms with Crippen LogP contribution in [0.25, 0.3) is 0 Å². The van der Waals surface area contributed by atoms with Gasteiger partial charge in [0.1, 0.15) is 5.76 Å². The second-order valence-corrected chi connectivity index (χ2v) is 5.96. The summed E-state index contributed by atoms with van der Waals surface area (Å²) in [4.78, 5) is 35.7. The Balaban J connectivity index is 1.71. The molecule has 0 bridgehead atoms. The van der Waals surface area contributed by atoms with Crippen molar-refractivity contribution in [3.05, 3.63) is 65.2 Å². The molecule has 10 nitrogen and oxygen atoms in total. The van der Waals surface area contributed by atoms with Crippen molar-refractivity contribution in [2.45, 2.75) is 6.92 Å². The molecule has 0 aliphatic carbocycles. The number of nitrogens with zero attached hydrogens (tertiary/aromatic N) is 1. The van der Waals surface area contributed by atoms with Crippen molar-refractivity contribution < 1.29 is 18.9 Å². The summed E-state index contributed by atoms with van der Waals surface area (Å²) in [5, 5.41) is 19.0. The third-order valence-corrected chi connectivity index (χ3v) is 3.70. The van der Waals surface area contributed by atoms with Gasteiger partial charge in [-0.2, -0.15) is 0 Å². The van der Waals surface area contributed by atoms with Crippen molar-refractivity contribution >= 4 is 23.4 Å². The van der Waals surface area contributed by atoms with Gasteiger partial charge < -0.3 is 31.6 Å². The van der Waals surface area contributed by atoms with Crippen LogP contribution >= 0.6 is 0 Å². The number of hydrogen-bond acceptors (Lipinski definition) is 7. The van der Waals surface area contributed by atoms with Crippen LogP contribution in [0.15, 0.2) is 47.1 Å². The molecule has 1 aromatic carbocycles. The molecular weight excluding hydrogens is 376 g/mol. The highest BCUT2D eigenvalue weighted by atomic mass is 16.5. The predicted molar refractivity (Wildman–Crippen MR) is 106 cm³/mol. The Bertz CT molecular complexity index is 934. The van der Waals surface area contributed by atoms with Gasteiger partial charge in [0.2, 0.25) is 5.91 Å². The van der Waals surface area contributed by atoms with Gasteiger partial charge in [-0.1, -0.05) is 17.3 Å². The van der Waals surface area contributed by atoms with E-state index >= 15 is 0 Å². The molecule has 0 aliphatic rings. The molecule has 0 aliphatic heterocycles. The quantitative estimate of drug-likeness (QED) is 0.297. The maximum absolute atomic E-state index is 12.2. The lowest BCUT2D eigenvalue weighted by Crippen LogP contribution is -2.40. The molecule has 0 atom stereocenters. The van der Waals surface area contributed by atoms with E-state index < -0.39 is 11.8 Å². The number of allylic oxidation sites excluding steroid dienone is 1. The molecule has 1 heterocycles. The Labute approximate surface area is 167 Å². The molecular formula is C19H22N6O4. The summed E-state index contributed by atoms with van der Waals surface area (Å²) in [5.41, 5.74) is 6.51. The number of aryl methyl sites for hydroxylation is 1. The van der Waals surface area contributed by atoms with E-state index in [1.807, 2.05) is 0 Å². The number of hydrogen-bond donors (Lipinski definition) is 5. The van der Waals surface area contributed by atoms with Crippen molar-refractivity contribution in [1.82, 2.24) is 21.1 Å². The van der Waals surface area contributed by atoms with Gasteiger partial charge in [-0.05, 0) is 31.3 Å². The molecule has 10 heteroatoms. The van der Waals surface area contributed by atoms with Gasteiger partial charge in [0.05, 0.1) is 12.3 Å². The Morgan fingerprint density at radius 3 is 2.52 bits per heavy atom. The summed E-state index contributed by atoms with van der Waals surface area (Å²) in [6.07, 6.45) is 2.68. The normalized spacial score (nSPS) is 10.5. The minimum atomic E-state index is -0.514. The van der Waals surface area contributed by atoms with E-state index in [2.05, 4.69) is 21.1 Å².